The minimum Gasteiger partial charge on any atom is -0.497 e. The lowest BCUT2D eigenvalue weighted by Crippen LogP contribution is -2.32. The summed E-state index contributed by atoms with van der Waals surface area (Å²) < 4.78 is 42.8. The Hall–Kier alpha value is -3.60. The fraction of sp³-hybridized carbons (Fsp3) is 0.160. The number of hydrogen-bond acceptors (Lipinski definition) is 7. The van der Waals surface area contributed by atoms with Gasteiger partial charge in [-0.2, -0.15) is 13.1 Å². The molecule has 0 aliphatic rings. The van der Waals surface area contributed by atoms with Gasteiger partial charge < -0.3 is 9.72 Å². The molecule has 2 heterocycles. The molecule has 3 aromatic carbocycles. The number of nitrogens with zero attached hydrogens (tertiary/aromatic N) is 3. The van der Waals surface area contributed by atoms with Crippen molar-refractivity contribution in [3.63, 3.8) is 0 Å². The van der Waals surface area contributed by atoms with Crippen LogP contribution in [-0.4, -0.2) is 33.6 Å². The van der Waals surface area contributed by atoms with Gasteiger partial charge in [0.1, 0.15) is 21.7 Å². The highest BCUT2D eigenvalue weighted by molar-refractivity contribution is 7.89. The minimum absolute atomic E-state index is 0.0605. The fourth-order valence-electron chi connectivity index (χ4n) is 4.03. The third kappa shape index (κ3) is 4.43. The summed E-state index contributed by atoms with van der Waals surface area (Å²) in [4.78, 5) is 16.0. The Morgan fingerprint density at radius 3 is 2.54 bits per heavy atom. The number of ether oxygens (including phenoxy) is 1. The molecule has 0 spiro atoms. The number of aryl methyl sites for hydroxylation is 1. The van der Waals surface area contributed by atoms with Gasteiger partial charge in [0.2, 0.25) is 10.0 Å². The van der Waals surface area contributed by atoms with Gasteiger partial charge in [0.15, 0.2) is 0 Å². The zero-order valence-electron chi connectivity index (χ0n) is 19.1. The molecule has 0 unspecified atom stereocenters. The topological polar surface area (TPSA) is 105 Å². The van der Waals surface area contributed by atoms with E-state index in [0.29, 0.717) is 22.3 Å². The first kappa shape index (κ1) is 23.2. The van der Waals surface area contributed by atoms with Gasteiger partial charge in [-0.05, 0) is 53.8 Å². The quantitative estimate of drug-likeness (QED) is 0.354. The molecule has 10 heteroatoms. The Morgan fingerprint density at radius 2 is 1.77 bits per heavy atom. The second kappa shape index (κ2) is 9.21. The highest BCUT2D eigenvalue weighted by Crippen LogP contribution is 2.27. The number of rotatable bonds is 7. The van der Waals surface area contributed by atoms with E-state index in [4.69, 9.17) is 4.74 Å². The van der Waals surface area contributed by atoms with Crippen molar-refractivity contribution in [1.29, 1.82) is 0 Å². The summed E-state index contributed by atoms with van der Waals surface area (Å²) in [5.74, 6) is 0.669. The summed E-state index contributed by atoms with van der Waals surface area (Å²) >= 11 is 0.960. The normalized spacial score (nSPS) is 12.0. The van der Waals surface area contributed by atoms with Crippen LogP contribution in [0.5, 0.6) is 5.75 Å². The second-order valence-corrected chi connectivity index (χ2v) is 10.6. The van der Waals surface area contributed by atoms with Gasteiger partial charge in [-0.3, -0.25) is 4.79 Å². The van der Waals surface area contributed by atoms with Crippen molar-refractivity contribution in [2.75, 3.05) is 7.11 Å². The molecule has 0 atom stereocenters. The van der Waals surface area contributed by atoms with Crippen LogP contribution in [0.3, 0.4) is 0 Å². The summed E-state index contributed by atoms with van der Waals surface area (Å²) in [6.07, 6.45) is 0. The van der Waals surface area contributed by atoms with Gasteiger partial charge in [0.25, 0.3) is 5.56 Å². The van der Waals surface area contributed by atoms with Crippen molar-refractivity contribution in [3.05, 3.63) is 93.8 Å². The summed E-state index contributed by atoms with van der Waals surface area (Å²) in [5, 5.41) is 0.840. The van der Waals surface area contributed by atoms with Crippen LogP contribution < -0.4 is 10.3 Å². The van der Waals surface area contributed by atoms with Crippen LogP contribution in [0.1, 0.15) is 16.7 Å². The number of hydrogen-bond donors (Lipinski definition) is 1. The SMILES string of the molecule is COc1ccc(CN(Cc2cc3cccc(C)c3[nH]c2=O)S(=O)(=O)c2cccc3nsnc23)cc1. The van der Waals surface area contributed by atoms with Crippen molar-refractivity contribution in [2.24, 2.45) is 0 Å². The number of methoxy groups -OCH3 is 1. The van der Waals surface area contributed by atoms with E-state index >= 15 is 0 Å². The maximum Gasteiger partial charge on any atom is 0.252 e. The molecule has 5 rings (SSSR count). The molecule has 0 amide bonds. The monoisotopic (exact) mass is 506 g/mol. The molecule has 0 bridgehead atoms. The van der Waals surface area contributed by atoms with Crippen LogP contribution >= 0.6 is 11.7 Å². The predicted molar refractivity (Wildman–Crippen MR) is 136 cm³/mol. The number of sulfonamides is 1. The van der Waals surface area contributed by atoms with Gasteiger partial charge in [0.05, 0.1) is 24.4 Å². The maximum absolute atomic E-state index is 13.9. The largest absolute Gasteiger partial charge is 0.497 e. The average molecular weight is 507 g/mol. The first-order valence-electron chi connectivity index (χ1n) is 10.8. The van der Waals surface area contributed by atoms with E-state index in [1.165, 1.54) is 10.4 Å². The van der Waals surface area contributed by atoms with E-state index < -0.39 is 10.0 Å². The minimum atomic E-state index is -4.03. The Morgan fingerprint density at radius 1 is 1.00 bits per heavy atom. The van der Waals surface area contributed by atoms with Crippen molar-refractivity contribution >= 4 is 43.7 Å². The molecule has 0 fully saturated rings. The predicted octanol–water partition coefficient (Wildman–Crippen LogP) is 4.24. The van der Waals surface area contributed by atoms with Crippen molar-refractivity contribution in [1.82, 2.24) is 18.0 Å². The number of para-hydroxylation sites is 1. The van der Waals surface area contributed by atoms with E-state index in [1.54, 1.807) is 49.6 Å². The van der Waals surface area contributed by atoms with Crippen molar-refractivity contribution in [3.8, 4) is 5.75 Å². The number of nitrogens with one attached hydrogen (secondary N) is 1. The van der Waals surface area contributed by atoms with E-state index in [-0.39, 0.29) is 23.5 Å². The molecule has 2 aromatic heterocycles. The molecular formula is C25H22N4O4S2. The lowest BCUT2D eigenvalue weighted by Gasteiger charge is -2.23. The number of aromatic nitrogens is 3. The first-order valence-corrected chi connectivity index (χ1v) is 13.0. The molecule has 1 N–H and O–H groups in total. The molecule has 8 nitrogen and oxygen atoms in total. The zero-order chi connectivity index (χ0) is 24.6. The van der Waals surface area contributed by atoms with Crippen LogP contribution in [0.2, 0.25) is 0 Å². The molecule has 35 heavy (non-hydrogen) atoms. The molecule has 0 aliphatic carbocycles. The Balaban J connectivity index is 1.61. The average Bonchev–Trinajstić information content (AvgIpc) is 3.34. The van der Waals surface area contributed by atoms with Gasteiger partial charge in [-0.1, -0.05) is 36.4 Å². The molecule has 0 aliphatic heterocycles. The maximum atomic E-state index is 13.9. The highest BCUT2D eigenvalue weighted by atomic mass is 32.2. The Kier molecular flexibility index (Phi) is 6.10. The van der Waals surface area contributed by atoms with Crippen LogP contribution in [0, 0.1) is 6.92 Å². The number of H-pyrrole nitrogens is 1. The van der Waals surface area contributed by atoms with E-state index in [9.17, 15) is 13.2 Å². The van der Waals surface area contributed by atoms with E-state index in [2.05, 4.69) is 13.7 Å². The molecular weight excluding hydrogens is 484 g/mol. The fourth-order valence-corrected chi connectivity index (χ4v) is 6.18. The first-order chi connectivity index (χ1) is 16.9. The molecule has 5 aromatic rings. The van der Waals surface area contributed by atoms with Crippen LogP contribution in [0.4, 0.5) is 0 Å². The highest BCUT2D eigenvalue weighted by Gasteiger charge is 2.29. The van der Waals surface area contributed by atoms with Gasteiger partial charge in [0, 0.05) is 18.7 Å². The van der Waals surface area contributed by atoms with Crippen LogP contribution in [0.25, 0.3) is 21.9 Å². The van der Waals surface area contributed by atoms with Crippen LogP contribution in [0.15, 0.2) is 76.4 Å². The van der Waals surface area contributed by atoms with Crippen LogP contribution in [-0.2, 0) is 23.1 Å². The summed E-state index contributed by atoms with van der Waals surface area (Å²) in [7, 11) is -2.46. The molecule has 0 saturated heterocycles. The number of fused-ring (bicyclic) bond motifs is 2. The van der Waals surface area contributed by atoms with Crippen molar-refractivity contribution in [2.45, 2.75) is 24.9 Å². The standard InChI is InChI=1S/C25H22N4O4S2/c1-16-5-3-6-18-13-19(25(30)26-23(16)18)15-29(14-17-9-11-20(33-2)12-10-17)35(31,32)22-8-4-7-21-24(22)28-34-27-21/h3-13H,14-15H2,1-2H3,(H,26,30). The Labute approximate surface area is 206 Å². The summed E-state index contributed by atoms with van der Waals surface area (Å²) in [6, 6.07) is 19.5. The smallest absolute Gasteiger partial charge is 0.252 e. The summed E-state index contributed by atoms with van der Waals surface area (Å²) in [6.45, 7) is 1.87. The lowest BCUT2D eigenvalue weighted by molar-refractivity contribution is 0.398. The Bertz CT molecular complexity index is 1690. The zero-order valence-corrected chi connectivity index (χ0v) is 20.7. The third-order valence-corrected chi connectivity index (χ3v) is 8.26. The van der Waals surface area contributed by atoms with E-state index in [0.717, 1.165) is 33.8 Å². The number of aromatic amines is 1. The molecule has 0 saturated carbocycles. The van der Waals surface area contributed by atoms with Gasteiger partial charge in [-0.25, -0.2) is 8.42 Å². The van der Waals surface area contributed by atoms with Gasteiger partial charge >= 0.3 is 0 Å². The number of benzene rings is 3. The third-order valence-electron chi connectivity index (χ3n) is 5.90. The van der Waals surface area contributed by atoms with Crippen molar-refractivity contribution < 1.29 is 13.2 Å². The molecule has 0 radical (unpaired) electrons. The second-order valence-electron chi connectivity index (χ2n) is 8.17. The van der Waals surface area contributed by atoms with Gasteiger partial charge in [-0.15, -0.1) is 0 Å². The number of pyridine rings is 1. The summed E-state index contributed by atoms with van der Waals surface area (Å²) in [5.41, 5.74) is 3.30. The van der Waals surface area contributed by atoms with E-state index in [1.807, 2.05) is 25.1 Å². The molecule has 178 valence electrons. The lowest BCUT2D eigenvalue weighted by atomic mass is 10.1.